The maximum Gasteiger partial charge on any atom is 0.326 e. The molecule has 1 heterocycles. The SMILES string of the molecule is CNC(=O)C1CCCN(C(=O)N[C@@H](CCO)C(=O)O)C1. The Hall–Kier alpha value is -1.83. The molecule has 0 saturated carbocycles. The van der Waals surface area contributed by atoms with Gasteiger partial charge in [0.05, 0.1) is 5.92 Å². The molecular formula is C12H21N3O5. The molecule has 114 valence electrons. The third kappa shape index (κ3) is 4.37. The molecule has 8 nitrogen and oxygen atoms in total. The van der Waals surface area contributed by atoms with Gasteiger partial charge in [-0.15, -0.1) is 0 Å². The smallest absolute Gasteiger partial charge is 0.326 e. The van der Waals surface area contributed by atoms with Gasteiger partial charge >= 0.3 is 12.0 Å². The van der Waals surface area contributed by atoms with Crippen LogP contribution in [-0.4, -0.2) is 65.8 Å². The van der Waals surface area contributed by atoms with Crippen molar-refractivity contribution < 1.29 is 24.6 Å². The van der Waals surface area contributed by atoms with E-state index in [1.54, 1.807) is 7.05 Å². The Labute approximate surface area is 117 Å². The van der Waals surface area contributed by atoms with Gasteiger partial charge in [-0.25, -0.2) is 9.59 Å². The van der Waals surface area contributed by atoms with Gasteiger partial charge in [0, 0.05) is 33.2 Å². The van der Waals surface area contributed by atoms with Gasteiger partial charge in [0.2, 0.25) is 5.91 Å². The molecule has 4 N–H and O–H groups in total. The molecule has 0 spiro atoms. The summed E-state index contributed by atoms with van der Waals surface area (Å²) in [6.45, 7) is 0.444. The summed E-state index contributed by atoms with van der Waals surface area (Å²) in [6.07, 6.45) is 1.36. The predicted octanol–water partition coefficient (Wildman–Crippen LogP) is -1.01. The molecule has 2 atom stereocenters. The quantitative estimate of drug-likeness (QED) is 0.516. The van der Waals surface area contributed by atoms with Crippen LogP contribution in [0, 0.1) is 5.92 Å². The summed E-state index contributed by atoms with van der Waals surface area (Å²) in [5.41, 5.74) is 0. The van der Waals surface area contributed by atoms with E-state index in [1.807, 2.05) is 0 Å². The minimum atomic E-state index is -1.19. The summed E-state index contributed by atoms with van der Waals surface area (Å²) in [4.78, 5) is 35.9. The van der Waals surface area contributed by atoms with E-state index in [0.717, 1.165) is 0 Å². The van der Waals surface area contributed by atoms with Crippen molar-refractivity contribution in [1.29, 1.82) is 0 Å². The van der Waals surface area contributed by atoms with Crippen molar-refractivity contribution in [2.45, 2.75) is 25.3 Å². The van der Waals surface area contributed by atoms with Crippen LogP contribution >= 0.6 is 0 Å². The fourth-order valence-corrected chi connectivity index (χ4v) is 2.21. The van der Waals surface area contributed by atoms with Crippen LogP contribution in [-0.2, 0) is 9.59 Å². The zero-order valence-electron chi connectivity index (χ0n) is 11.5. The van der Waals surface area contributed by atoms with Crippen molar-refractivity contribution in [3.05, 3.63) is 0 Å². The zero-order valence-corrected chi connectivity index (χ0v) is 11.5. The topological polar surface area (TPSA) is 119 Å². The molecule has 0 aromatic rings. The maximum absolute atomic E-state index is 12.0. The highest BCUT2D eigenvalue weighted by molar-refractivity contribution is 5.84. The first-order valence-electron chi connectivity index (χ1n) is 6.60. The molecule has 1 aliphatic rings. The van der Waals surface area contributed by atoms with Crippen LogP contribution in [0.5, 0.6) is 0 Å². The molecule has 0 bridgehead atoms. The average Bonchev–Trinajstić information content (AvgIpc) is 2.45. The summed E-state index contributed by atoms with van der Waals surface area (Å²) in [5, 5.41) is 22.6. The third-order valence-electron chi connectivity index (χ3n) is 3.34. The minimum Gasteiger partial charge on any atom is -0.480 e. The molecule has 0 aliphatic carbocycles. The van der Waals surface area contributed by atoms with E-state index in [1.165, 1.54) is 4.90 Å². The fraction of sp³-hybridized carbons (Fsp3) is 0.750. The molecule has 8 heteroatoms. The van der Waals surface area contributed by atoms with Gasteiger partial charge in [0.1, 0.15) is 6.04 Å². The monoisotopic (exact) mass is 287 g/mol. The molecule has 0 aromatic carbocycles. The van der Waals surface area contributed by atoms with Crippen LogP contribution in [0.2, 0.25) is 0 Å². The Morgan fingerprint density at radius 2 is 2.10 bits per heavy atom. The molecule has 0 aromatic heterocycles. The average molecular weight is 287 g/mol. The lowest BCUT2D eigenvalue weighted by atomic mass is 9.97. The number of aliphatic carboxylic acids is 1. The van der Waals surface area contributed by atoms with Gasteiger partial charge < -0.3 is 25.7 Å². The van der Waals surface area contributed by atoms with Crippen molar-refractivity contribution in [2.24, 2.45) is 5.92 Å². The fourth-order valence-electron chi connectivity index (χ4n) is 2.21. The first-order chi connectivity index (χ1) is 9.49. The summed E-state index contributed by atoms with van der Waals surface area (Å²) in [7, 11) is 1.54. The third-order valence-corrected chi connectivity index (χ3v) is 3.34. The van der Waals surface area contributed by atoms with Crippen LogP contribution in [0.4, 0.5) is 4.79 Å². The number of urea groups is 1. The van der Waals surface area contributed by atoms with Crippen molar-refractivity contribution in [3.63, 3.8) is 0 Å². The Morgan fingerprint density at radius 1 is 1.40 bits per heavy atom. The number of aliphatic hydroxyl groups is 1. The molecule has 1 saturated heterocycles. The first kappa shape index (κ1) is 16.2. The van der Waals surface area contributed by atoms with E-state index >= 15 is 0 Å². The zero-order chi connectivity index (χ0) is 15.1. The Morgan fingerprint density at radius 3 is 2.65 bits per heavy atom. The summed E-state index contributed by atoms with van der Waals surface area (Å²) in [6, 6.07) is -1.63. The summed E-state index contributed by atoms with van der Waals surface area (Å²) in [5.74, 6) is -1.57. The van der Waals surface area contributed by atoms with Crippen LogP contribution in [0.25, 0.3) is 0 Å². The molecular weight excluding hydrogens is 266 g/mol. The number of piperidine rings is 1. The molecule has 20 heavy (non-hydrogen) atoms. The van der Waals surface area contributed by atoms with Crippen molar-refractivity contribution in [1.82, 2.24) is 15.5 Å². The molecule has 1 aliphatic heterocycles. The van der Waals surface area contributed by atoms with Gasteiger partial charge in [0.25, 0.3) is 0 Å². The number of hydrogen-bond donors (Lipinski definition) is 4. The molecule has 1 fully saturated rings. The number of rotatable bonds is 5. The number of amides is 3. The Kier molecular flexibility index (Phi) is 6.23. The van der Waals surface area contributed by atoms with Gasteiger partial charge in [-0.2, -0.15) is 0 Å². The molecule has 3 amide bonds. The maximum atomic E-state index is 12.0. The van der Waals surface area contributed by atoms with E-state index in [-0.39, 0.29) is 31.4 Å². The lowest BCUT2D eigenvalue weighted by Crippen LogP contribution is -2.52. The molecule has 0 radical (unpaired) electrons. The van der Waals surface area contributed by atoms with E-state index in [2.05, 4.69) is 10.6 Å². The normalized spacial score (nSPS) is 20.1. The van der Waals surface area contributed by atoms with Gasteiger partial charge in [-0.3, -0.25) is 4.79 Å². The van der Waals surface area contributed by atoms with Gasteiger partial charge in [-0.1, -0.05) is 0 Å². The lowest BCUT2D eigenvalue weighted by Gasteiger charge is -2.32. The molecule has 1 rings (SSSR count). The number of carbonyl (C=O) groups excluding carboxylic acids is 2. The Bertz CT molecular complexity index is 374. The Balaban J connectivity index is 2.57. The summed E-state index contributed by atoms with van der Waals surface area (Å²) >= 11 is 0. The van der Waals surface area contributed by atoms with E-state index < -0.39 is 18.0 Å². The first-order valence-corrected chi connectivity index (χ1v) is 6.60. The van der Waals surface area contributed by atoms with Crippen LogP contribution in [0.1, 0.15) is 19.3 Å². The van der Waals surface area contributed by atoms with E-state index in [9.17, 15) is 14.4 Å². The van der Waals surface area contributed by atoms with E-state index in [0.29, 0.717) is 19.4 Å². The highest BCUT2D eigenvalue weighted by Crippen LogP contribution is 2.16. The highest BCUT2D eigenvalue weighted by atomic mass is 16.4. The predicted molar refractivity (Wildman–Crippen MR) is 70.0 cm³/mol. The largest absolute Gasteiger partial charge is 0.480 e. The number of carbonyl (C=O) groups is 3. The standard InChI is InChI=1S/C12H21N3O5/c1-13-10(17)8-3-2-5-15(7-8)12(20)14-9(4-6-16)11(18)19/h8-9,16H,2-7H2,1H3,(H,13,17)(H,14,20)(H,18,19)/t8?,9-/m0/s1. The van der Waals surface area contributed by atoms with Crippen molar-refractivity contribution >= 4 is 17.9 Å². The van der Waals surface area contributed by atoms with Gasteiger partial charge in [0.15, 0.2) is 0 Å². The number of nitrogens with one attached hydrogen (secondary N) is 2. The lowest BCUT2D eigenvalue weighted by molar-refractivity contribution is -0.139. The van der Waals surface area contributed by atoms with Crippen LogP contribution < -0.4 is 10.6 Å². The van der Waals surface area contributed by atoms with E-state index in [4.69, 9.17) is 10.2 Å². The highest BCUT2D eigenvalue weighted by Gasteiger charge is 2.29. The minimum absolute atomic E-state index is 0.0478. The van der Waals surface area contributed by atoms with Crippen molar-refractivity contribution in [2.75, 3.05) is 26.7 Å². The van der Waals surface area contributed by atoms with Crippen LogP contribution in [0.15, 0.2) is 0 Å². The molecule has 1 unspecified atom stereocenters. The number of aliphatic hydroxyl groups excluding tert-OH is 1. The summed E-state index contributed by atoms with van der Waals surface area (Å²) < 4.78 is 0. The number of nitrogens with zero attached hydrogens (tertiary/aromatic N) is 1. The van der Waals surface area contributed by atoms with Gasteiger partial charge in [-0.05, 0) is 12.8 Å². The second kappa shape index (κ2) is 7.68. The number of hydrogen-bond acceptors (Lipinski definition) is 4. The second-order valence-electron chi connectivity index (χ2n) is 4.75. The number of carboxylic acids is 1. The second-order valence-corrected chi connectivity index (χ2v) is 4.75. The number of carboxylic acid groups (broad SMARTS) is 1. The van der Waals surface area contributed by atoms with Crippen molar-refractivity contribution in [3.8, 4) is 0 Å². The van der Waals surface area contributed by atoms with Crippen LogP contribution in [0.3, 0.4) is 0 Å². The number of likely N-dealkylation sites (tertiary alicyclic amines) is 1.